The maximum Gasteiger partial charge on any atom is 0.419 e. The average Bonchev–Trinajstić information content (AvgIpc) is 2.36. The number of likely N-dealkylation sites (N-methyl/N-ethyl adjacent to an activating group) is 1. The SMILES string of the molecule is CCc1cnc(N(C)C(C)COC)c(C(F)(F)F)c1. The van der Waals surface area contributed by atoms with Gasteiger partial charge in [-0.15, -0.1) is 0 Å². The number of aryl methyl sites for hydroxylation is 1. The van der Waals surface area contributed by atoms with Gasteiger partial charge in [0.15, 0.2) is 0 Å². The molecule has 1 atom stereocenters. The molecular formula is C13H19F3N2O. The van der Waals surface area contributed by atoms with E-state index in [1.54, 1.807) is 20.9 Å². The summed E-state index contributed by atoms with van der Waals surface area (Å²) < 4.78 is 44.2. The van der Waals surface area contributed by atoms with E-state index in [4.69, 9.17) is 4.74 Å². The van der Waals surface area contributed by atoms with Crippen molar-refractivity contribution in [2.75, 3.05) is 25.7 Å². The van der Waals surface area contributed by atoms with E-state index in [2.05, 4.69) is 4.98 Å². The van der Waals surface area contributed by atoms with Crippen LogP contribution < -0.4 is 4.90 Å². The molecule has 0 aliphatic heterocycles. The van der Waals surface area contributed by atoms with Crippen LogP contribution in [0.4, 0.5) is 19.0 Å². The van der Waals surface area contributed by atoms with E-state index in [-0.39, 0.29) is 11.9 Å². The van der Waals surface area contributed by atoms with Gasteiger partial charge in [-0.3, -0.25) is 0 Å². The summed E-state index contributed by atoms with van der Waals surface area (Å²) in [4.78, 5) is 5.46. The van der Waals surface area contributed by atoms with Crippen molar-refractivity contribution in [3.63, 3.8) is 0 Å². The maximum atomic E-state index is 13.1. The zero-order chi connectivity index (χ0) is 14.6. The molecule has 1 rings (SSSR count). The number of aromatic nitrogens is 1. The fraction of sp³-hybridized carbons (Fsp3) is 0.615. The van der Waals surface area contributed by atoms with Crippen LogP contribution in [0.15, 0.2) is 12.3 Å². The van der Waals surface area contributed by atoms with Gasteiger partial charge in [0.25, 0.3) is 0 Å². The maximum absolute atomic E-state index is 13.1. The fourth-order valence-corrected chi connectivity index (χ4v) is 1.75. The lowest BCUT2D eigenvalue weighted by Crippen LogP contribution is -2.34. The molecule has 0 fully saturated rings. The zero-order valence-corrected chi connectivity index (χ0v) is 11.6. The van der Waals surface area contributed by atoms with Crippen LogP contribution >= 0.6 is 0 Å². The quantitative estimate of drug-likeness (QED) is 0.826. The monoisotopic (exact) mass is 276 g/mol. The van der Waals surface area contributed by atoms with Crippen molar-refractivity contribution >= 4 is 5.82 Å². The van der Waals surface area contributed by atoms with E-state index in [1.807, 2.05) is 0 Å². The Hall–Kier alpha value is -1.30. The van der Waals surface area contributed by atoms with Crippen molar-refractivity contribution in [2.24, 2.45) is 0 Å². The van der Waals surface area contributed by atoms with Crippen molar-refractivity contribution in [3.05, 3.63) is 23.4 Å². The highest BCUT2D eigenvalue weighted by molar-refractivity contribution is 5.50. The second-order valence-electron chi connectivity index (χ2n) is 4.48. The third-order valence-corrected chi connectivity index (χ3v) is 3.04. The minimum absolute atomic E-state index is 0.0609. The van der Waals surface area contributed by atoms with Crippen LogP contribution in [0.3, 0.4) is 0 Å². The molecule has 0 aliphatic rings. The van der Waals surface area contributed by atoms with Gasteiger partial charge in [-0.05, 0) is 25.0 Å². The number of rotatable bonds is 5. The van der Waals surface area contributed by atoms with Crippen LogP contribution in [0.2, 0.25) is 0 Å². The topological polar surface area (TPSA) is 25.4 Å². The summed E-state index contributed by atoms with van der Waals surface area (Å²) in [7, 11) is 3.11. The molecule has 1 unspecified atom stereocenters. The molecule has 0 spiro atoms. The molecule has 3 nitrogen and oxygen atoms in total. The first kappa shape index (κ1) is 15.8. The van der Waals surface area contributed by atoms with Crippen molar-refractivity contribution in [3.8, 4) is 0 Å². The molecule has 1 heterocycles. The van der Waals surface area contributed by atoms with Crippen molar-refractivity contribution in [1.29, 1.82) is 0 Å². The number of halogens is 3. The normalized spacial score (nSPS) is 13.4. The number of pyridine rings is 1. The predicted molar refractivity (Wildman–Crippen MR) is 68.4 cm³/mol. The molecule has 0 amide bonds. The molecule has 0 aromatic carbocycles. The number of methoxy groups -OCH3 is 1. The van der Waals surface area contributed by atoms with Gasteiger partial charge in [0.05, 0.1) is 18.2 Å². The Labute approximate surface area is 111 Å². The highest BCUT2D eigenvalue weighted by Crippen LogP contribution is 2.36. The highest BCUT2D eigenvalue weighted by Gasteiger charge is 2.36. The first-order chi connectivity index (χ1) is 8.81. The molecule has 0 saturated carbocycles. The van der Waals surface area contributed by atoms with E-state index < -0.39 is 11.7 Å². The second kappa shape index (κ2) is 6.23. The third kappa shape index (κ3) is 3.83. The predicted octanol–water partition coefficient (Wildman–Crippen LogP) is 3.13. The van der Waals surface area contributed by atoms with E-state index in [0.717, 1.165) is 0 Å². The first-order valence-electron chi connectivity index (χ1n) is 6.09. The first-order valence-corrected chi connectivity index (χ1v) is 6.09. The van der Waals surface area contributed by atoms with E-state index in [0.29, 0.717) is 18.6 Å². The fourth-order valence-electron chi connectivity index (χ4n) is 1.75. The van der Waals surface area contributed by atoms with Crippen molar-refractivity contribution in [1.82, 2.24) is 4.98 Å². The molecule has 19 heavy (non-hydrogen) atoms. The van der Waals surface area contributed by atoms with Gasteiger partial charge in [0.2, 0.25) is 0 Å². The van der Waals surface area contributed by atoms with Gasteiger partial charge < -0.3 is 9.64 Å². The summed E-state index contributed by atoms with van der Waals surface area (Å²) >= 11 is 0. The number of nitrogens with zero attached hydrogens (tertiary/aromatic N) is 2. The Morgan fingerprint density at radius 2 is 2.05 bits per heavy atom. The summed E-state index contributed by atoms with van der Waals surface area (Å²) in [6.45, 7) is 3.93. The van der Waals surface area contributed by atoms with E-state index in [1.165, 1.54) is 24.3 Å². The van der Waals surface area contributed by atoms with Crippen LogP contribution in [0.1, 0.15) is 25.0 Å². The van der Waals surface area contributed by atoms with Crippen LogP contribution in [-0.2, 0) is 17.3 Å². The Balaban J connectivity index is 3.19. The van der Waals surface area contributed by atoms with Crippen LogP contribution in [0.5, 0.6) is 0 Å². The summed E-state index contributed by atoms with van der Waals surface area (Å²) in [5.41, 5.74) is -0.124. The Bertz CT molecular complexity index is 421. The van der Waals surface area contributed by atoms with Gasteiger partial charge in [-0.1, -0.05) is 6.92 Å². The lowest BCUT2D eigenvalue weighted by molar-refractivity contribution is -0.137. The molecule has 0 saturated heterocycles. The third-order valence-electron chi connectivity index (χ3n) is 3.04. The van der Waals surface area contributed by atoms with Gasteiger partial charge in [-0.2, -0.15) is 13.2 Å². The van der Waals surface area contributed by atoms with Crippen LogP contribution in [-0.4, -0.2) is 31.8 Å². The molecule has 6 heteroatoms. The summed E-state index contributed by atoms with van der Waals surface area (Å²) in [6, 6.07) is 0.976. The van der Waals surface area contributed by atoms with E-state index in [9.17, 15) is 13.2 Å². The summed E-state index contributed by atoms with van der Waals surface area (Å²) in [5, 5.41) is 0. The van der Waals surface area contributed by atoms with E-state index >= 15 is 0 Å². The Morgan fingerprint density at radius 1 is 1.42 bits per heavy atom. The minimum atomic E-state index is -4.41. The molecule has 108 valence electrons. The van der Waals surface area contributed by atoms with Crippen LogP contribution in [0.25, 0.3) is 0 Å². The Morgan fingerprint density at radius 3 is 2.53 bits per heavy atom. The molecule has 0 N–H and O–H groups in total. The number of anilines is 1. The molecule has 1 aromatic rings. The zero-order valence-electron chi connectivity index (χ0n) is 11.6. The largest absolute Gasteiger partial charge is 0.419 e. The highest BCUT2D eigenvalue weighted by atomic mass is 19.4. The summed E-state index contributed by atoms with van der Waals surface area (Å²) in [5.74, 6) is -0.0609. The summed E-state index contributed by atoms with van der Waals surface area (Å²) in [6.07, 6.45) is -2.40. The number of hydrogen-bond acceptors (Lipinski definition) is 3. The molecular weight excluding hydrogens is 257 g/mol. The number of ether oxygens (including phenoxy) is 1. The lowest BCUT2D eigenvalue weighted by atomic mass is 10.1. The van der Waals surface area contributed by atoms with Gasteiger partial charge >= 0.3 is 6.18 Å². The molecule has 1 aromatic heterocycles. The van der Waals surface area contributed by atoms with Gasteiger partial charge in [0.1, 0.15) is 5.82 Å². The number of hydrogen-bond donors (Lipinski definition) is 0. The molecule has 0 radical (unpaired) electrons. The van der Waals surface area contributed by atoms with Crippen molar-refractivity contribution < 1.29 is 17.9 Å². The smallest absolute Gasteiger partial charge is 0.383 e. The Kier molecular flexibility index (Phi) is 5.17. The molecule has 0 bridgehead atoms. The van der Waals surface area contributed by atoms with Crippen molar-refractivity contribution in [2.45, 2.75) is 32.5 Å². The minimum Gasteiger partial charge on any atom is -0.383 e. The molecule has 0 aliphatic carbocycles. The lowest BCUT2D eigenvalue weighted by Gasteiger charge is -2.28. The second-order valence-corrected chi connectivity index (χ2v) is 4.48. The average molecular weight is 276 g/mol. The number of alkyl halides is 3. The standard InChI is InChI=1S/C13H19F3N2O/c1-5-10-6-11(13(14,15)16)12(17-7-10)18(3)9(2)8-19-4/h6-7,9H,5,8H2,1-4H3. The van der Waals surface area contributed by atoms with Gasteiger partial charge in [0, 0.05) is 20.4 Å². The van der Waals surface area contributed by atoms with Crippen LogP contribution in [0, 0.1) is 0 Å². The van der Waals surface area contributed by atoms with Gasteiger partial charge in [-0.25, -0.2) is 4.98 Å².